The molecule has 0 fully saturated rings. The van der Waals surface area contributed by atoms with Gasteiger partial charge in [0, 0.05) is 24.0 Å². The number of nitrogens with zero attached hydrogens (tertiary/aromatic N) is 1. The molecule has 0 saturated carbocycles. The van der Waals surface area contributed by atoms with E-state index in [4.69, 9.17) is 4.42 Å². The van der Waals surface area contributed by atoms with Crippen LogP contribution in [-0.4, -0.2) is 4.57 Å². The van der Waals surface area contributed by atoms with E-state index in [1.54, 1.807) is 0 Å². The van der Waals surface area contributed by atoms with Crippen molar-refractivity contribution in [3.8, 4) is 0 Å². The number of hydrogen-bond acceptors (Lipinski definition) is 2. The van der Waals surface area contributed by atoms with Crippen LogP contribution in [0.15, 0.2) is 63.9 Å². The van der Waals surface area contributed by atoms with Crippen LogP contribution in [0.4, 0.5) is 0 Å². The Labute approximate surface area is 137 Å². The molecule has 0 bridgehead atoms. The quantitative estimate of drug-likeness (QED) is 0.301. The summed E-state index contributed by atoms with van der Waals surface area (Å²) >= 11 is 0. The Hall–Kier alpha value is -3.07. The Kier molecular flexibility index (Phi) is 2.50. The zero-order valence-corrected chi connectivity index (χ0v) is 13.5. The summed E-state index contributed by atoms with van der Waals surface area (Å²) in [6.07, 6.45) is 2.00. The van der Waals surface area contributed by atoms with Crippen molar-refractivity contribution in [3.05, 3.63) is 70.5 Å². The fourth-order valence-electron chi connectivity index (χ4n) is 3.69. The van der Waals surface area contributed by atoms with E-state index in [1.165, 1.54) is 0 Å². The largest absolute Gasteiger partial charge is 0.455 e. The molecule has 3 nitrogen and oxygen atoms in total. The molecule has 3 aromatic carbocycles. The summed E-state index contributed by atoms with van der Waals surface area (Å²) in [7, 11) is 1.97. The van der Waals surface area contributed by atoms with Gasteiger partial charge in [0.2, 0.25) is 5.43 Å². The zero-order chi connectivity index (χ0) is 16.4. The summed E-state index contributed by atoms with van der Waals surface area (Å²) in [5.41, 5.74) is 3.32. The first-order valence-electron chi connectivity index (χ1n) is 7.98. The third-order valence-corrected chi connectivity index (χ3v) is 4.82. The average Bonchev–Trinajstić information content (AvgIpc) is 2.98. The van der Waals surface area contributed by atoms with Gasteiger partial charge in [-0.1, -0.05) is 35.9 Å². The number of aromatic nitrogens is 1. The maximum Gasteiger partial charge on any atom is 0.202 e. The van der Waals surface area contributed by atoms with Crippen LogP contribution in [0.1, 0.15) is 5.56 Å². The molecule has 0 radical (unpaired) electrons. The van der Waals surface area contributed by atoms with E-state index in [0.717, 1.165) is 27.2 Å². The molecule has 0 aliphatic heterocycles. The molecule has 5 aromatic rings. The second-order valence-corrected chi connectivity index (χ2v) is 6.37. The van der Waals surface area contributed by atoms with Crippen LogP contribution < -0.4 is 5.43 Å². The van der Waals surface area contributed by atoms with Crippen LogP contribution in [0, 0.1) is 6.92 Å². The highest BCUT2D eigenvalue weighted by Crippen LogP contribution is 2.35. The van der Waals surface area contributed by atoms with Crippen molar-refractivity contribution in [2.75, 3.05) is 0 Å². The third kappa shape index (κ3) is 1.59. The molecular formula is C21H15NO2. The maximum atomic E-state index is 13.3. The smallest absolute Gasteiger partial charge is 0.202 e. The molecule has 0 saturated heterocycles. The van der Waals surface area contributed by atoms with Gasteiger partial charge in [0.15, 0.2) is 0 Å². The lowest BCUT2D eigenvalue weighted by Gasteiger charge is -2.09. The van der Waals surface area contributed by atoms with Crippen LogP contribution in [0.5, 0.6) is 0 Å². The van der Waals surface area contributed by atoms with Gasteiger partial charge in [0.25, 0.3) is 0 Å². The normalized spacial score (nSPS) is 11.9. The van der Waals surface area contributed by atoms with Crippen LogP contribution >= 0.6 is 0 Å². The Bertz CT molecular complexity index is 1340. The lowest BCUT2D eigenvalue weighted by Crippen LogP contribution is -2.05. The first-order valence-corrected chi connectivity index (χ1v) is 7.98. The summed E-state index contributed by atoms with van der Waals surface area (Å²) in [5.74, 6) is 0. The molecule has 0 aliphatic carbocycles. The lowest BCUT2D eigenvalue weighted by atomic mass is 10.0. The zero-order valence-electron chi connectivity index (χ0n) is 13.5. The topological polar surface area (TPSA) is 35.1 Å². The molecule has 5 rings (SSSR count). The van der Waals surface area contributed by atoms with E-state index < -0.39 is 0 Å². The Balaban J connectivity index is 2.23. The van der Waals surface area contributed by atoms with Gasteiger partial charge in [-0.3, -0.25) is 4.79 Å². The van der Waals surface area contributed by atoms with Gasteiger partial charge in [-0.2, -0.15) is 0 Å². The minimum absolute atomic E-state index is 0.0347. The number of benzene rings is 3. The molecule has 0 N–H and O–H groups in total. The predicted molar refractivity (Wildman–Crippen MR) is 98.7 cm³/mol. The molecule has 0 unspecified atom stereocenters. The van der Waals surface area contributed by atoms with E-state index in [1.807, 2.05) is 61.1 Å². The van der Waals surface area contributed by atoms with Crippen molar-refractivity contribution >= 4 is 43.6 Å². The van der Waals surface area contributed by atoms with Crippen molar-refractivity contribution in [2.45, 2.75) is 6.92 Å². The van der Waals surface area contributed by atoms with Crippen molar-refractivity contribution in [2.24, 2.45) is 7.05 Å². The van der Waals surface area contributed by atoms with Gasteiger partial charge < -0.3 is 8.98 Å². The molecule has 24 heavy (non-hydrogen) atoms. The molecule has 2 heterocycles. The number of hydrogen-bond donors (Lipinski definition) is 0. The van der Waals surface area contributed by atoms with Crippen molar-refractivity contribution in [1.29, 1.82) is 0 Å². The molecule has 0 amide bonds. The predicted octanol–water partition coefficient (Wildman–Crippen LogP) is 4.90. The molecule has 2 aromatic heterocycles. The van der Waals surface area contributed by atoms with Gasteiger partial charge in [-0.15, -0.1) is 0 Å². The van der Waals surface area contributed by atoms with Gasteiger partial charge >= 0.3 is 0 Å². The summed E-state index contributed by atoms with van der Waals surface area (Å²) in [5, 5.41) is 4.47. The van der Waals surface area contributed by atoms with E-state index in [9.17, 15) is 4.79 Å². The highest BCUT2D eigenvalue weighted by Gasteiger charge is 2.17. The van der Waals surface area contributed by atoms with Crippen LogP contribution in [-0.2, 0) is 7.05 Å². The van der Waals surface area contributed by atoms with Gasteiger partial charge in [-0.25, -0.2) is 0 Å². The summed E-state index contributed by atoms with van der Waals surface area (Å²) in [6, 6.07) is 15.9. The Morgan fingerprint density at radius 3 is 2.54 bits per heavy atom. The van der Waals surface area contributed by atoms with Crippen LogP contribution in [0.25, 0.3) is 43.6 Å². The number of rotatable bonds is 0. The minimum atomic E-state index is 0.0347. The van der Waals surface area contributed by atoms with Gasteiger partial charge in [0.05, 0.1) is 16.3 Å². The number of fused-ring (bicyclic) bond motifs is 7. The van der Waals surface area contributed by atoms with Gasteiger partial charge in [-0.05, 0) is 30.5 Å². The molecule has 0 atom stereocenters. The first-order chi connectivity index (χ1) is 11.6. The third-order valence-electron chi connectivity index (χ3n) is 4.82. The fourth-order valence-corrected chi connectivity index (χ4v) is 3.69. The number of aryl methyl sites for hydroxylation is 2. The van der Waals surface area contributed by atoms with Crippen molar-refractivity contribution < 1.29 is 4.42 Å². The minimum Gasteiger partial charge on any atom is -0.455 e. The lowest BCUT2D eigenvalue weighted by molar-refractivity contribution is 0.664. The summed E-state index contributed by atoms with van der Waals surface area (Å²) in [4.78, 5) is 13.3. The van der Waals surface area contributed by atoms with E-state index in [-0.39, 0.29) is 5.43 Å². The van der Waals surface area contributed by atoms with Crippen molar-refractivity contribution in [1.82, 2.24) is 4.57 Å². The van der Waals surface area contributed by atoms with Crippen LogP contribution in [0.2, 0.25) is 0 Å². The van der Waals surface area contributed by atoms with Gasteiger partial charge in [0.1, 0.15) is 11.2 Å². The average molecular weight is 313 g/mol. The highest BCUT2D eigenvalue weighted by atomic mass is 16.3. The summed E-state index contributed by atoms with van der Waals surface area (Å²) in [6.45, 7) is 1.99. The van der Waals surface area contributed by atoms with E-state index >= 15 is 0 Å². The second kappa shape index (κ2) is 4.48. The molecule has 3 heteroatoms. The first kappa shape index (κ1) is 13.4. The monoisotopic (exact) mass is 313 g/mol. The SMILES string of the molecule is Cc1ccc2oc3c4ccccc4c4ccn(C)c4c3c(=O)c2c1. The Morgan fingerprint density at radius 2 is 1.71 bits per heavy atom. The highest BCUT2D eigenvalue weighted by molar-refractivity contribution is 6.23. The molecule has 116 valence electrons. The standard InChI is InChI=1S/C21H15NO2/c1-12-7-8-17-16(11-12)20(23)18-19-14(9-10-22(19)2)13-5-3-4-6-15(13)21(18)24-17/h3-11H,1-2H3. The van der Waals surface area contributed by atoms with E-state index in [2.05, 4.69) is 12.1 Å². The maximum absolute atomic E-state index is 13.3. The second-order valence-electron chi connectivity index (χ2n) is 6.37. The molecule has 0 spiro atoms. The molecule has 0 aliphatic rings. The van der Waals surface area contributed by atoms with Crippen molar-refractivity contribution in [3.63, 3.8) is 0 Å². The fraction of sp³-hybridized carbons (Fsp3) is 0.0952. The van der Waals surface area contributed by atoms with E-state index in [0.29, 0.717) is 21.9 Å². The molecular weight excluding hydrogens is 298 g/mol. The Morgan fingerprint density at radius 1 is 0.917 bits per heavy atom. The van der Waals surface area contributed by atoms with Crippen LogP contribution in [0.3, 0.4) is 0 Å². The summed E-state index contributed by atoms with van der Waals surface area (Å²) < 4.78 is 8.22.